The van der Waals surface area contributed by atoms with Crippen LogP contribution in [0.15, 0.2) is 11.1 Å². The van der Waals surface area contributed by atoms with Crippen LogP contribution in [0.25, 0.3) is 0 Å². The van der Waals surface area contributed by atoms with Crippen LogP contribution in [0.2, 0.25) is 0 Å². The van der Waals surface area contributed by atoms with E-state index >= 15 is 0 Å². The van der Waals surface area contributed by atoms with Crippen molar-refractivity contribution >= 4 is 23.9 Å². The third-order valence-corrected chi connectivity index (χ3v) is 14.2. The molecule has 0 radical (unpaired) electrons. The van der Waals surface area contributed by atoms with Gasteiger partial charge in [-0.1, -0.05) is 31.9 Å². The maximum absolute atomic E-state index is 12.4. The Morgan fingerprint density at radius 2 is 0.846 bits per heavy atom. The number of hydrogen-bond acceptors (Lipinski definition) is 12. The van der Waals surface area contributed by atoms with E-state index in [1.807, 2.05) is 0 Å². The molecule has 0 aromatic heterocycles. The molecule has 5 rings (SSSR count). The Bertz CT molecular complexity index is 1310. The van der Waals surface area contributed by atoms with Gasteiger partial charge in [0.2, 0.25) is 0 Å². The summed E-state index contributed by atoms with van der Waals surface area (Å²) in [6, 6.07) is 1.60. The maximum atomic E-state index is 12.4. The molecule has 0 aromatic carbocycles. The maximum Gasteiger partial charge on any atom is 0.305 e. The van der Waals surface area contributed by atoms with Crippen LogP contribution < -0.4 is 21.3 Å². The van der Waals surface area contributed by atoms with Crippen LogP contribution in [0, 0.1) is 35.5 Å². The van der Waals surface area contributed by atoms with Crippen molar-refractivity contribution in [1.29, 1.82) is 0 Å². The second kappa shape index (κ2) is 18.2. The third kappa shape index (κ3) is 9.21. The van der Waals surface area contributed by atoms with Crippen molar-refractivity contribution in [2.24, 2.45) is 35.5 Å². The van der Waals surface area contributed by atoms with Gasteiger partial charge < -0.3 is 40.2 Å². The van der Waals surface area contributed by atoms with E-state index in [0.29, 0.717) is 67.6 Å². The molecular weight excluding hydrogens is 664 g/mol. The third-order valence-electron chi connectivity index (χ3n) is 14.2. The average Bonchev–Trinajstić information content (AvgIpc) is 3.80. The number of methoxy groups -OCH3 is 4. The fourth-order valence-electron chi connectivity index (χ4n) is 11.0. The number of carbonyl (C=O) groups excluding carboxylic acids is 4. The molecule has 294 valence electrons. The molecule has 4 saturated heterocycles. The smallest absolute Gasteiger partial charge is 0.305 e. The minimum atomic E-state index is -0.199. The lowest BCUT2D eigenvalue weighted by atomic mass is 9.77. The Morgan fingerprint density at radius 1 is 0.500 bits per heavy atom. The van der Waals surface area contributed by atoms with Crippen molar-refractivity contribution in [2.75, 3.05) is 28.4 Å². The normalized spacial score (nSPS) is 38.6. The van der Waals surface area contributed by atoms with Crippen LogP contribution >= 0.6 is 0 Å². The molecule has 5 aliphatic rings. The van der Waals surface area contributed by atoms with Crippen molar-refractivity contribution in [3.63, 3.8) is 0 Å². The molecule has 12 heteroatoms. The van der Waals surface area contributed by atoms with Gasteiger partial charge in [0.25, 0.3) is 0 Å². The lowest BCUT2D eigenvalue weighted by Crippen LogP contribution is -2.45. The zero-order valence-corrected chi connectivity index (χ0v) is 32.8. The molecule has 8 bridgehead atoms. The molecule has 5 heterocycles. The van der Waals surface area contributed by atoms with E-state index in [9.17, 15) is 19.2 Å². The highest BCUT2D eigenvalue weighted by molar-refractivity contribution is 5.70. The van der Waals surface area contributed by atoms with Crippen LogP contribution in [0.4, 0.5) is 0 Å². The predicted molar refractivity (Wildman–Crippen MR) is 197 cm³/mol. The van der Waals surface area contributed by atoms with Gasteiger partial charge in [0.15, 0.2) is 0 Å². The molecule has 0 spiro atoms. The van der Waals surface area contributed by atoms with E-state index in [1.165, 1.54) is 39.6 Å². The average molecular weight is 731 g/mol. The SMILES string of the molecule is COC(=O)CCC1=C(C)C2CC3NC(CC4NC(CC5NC(CC1N2)C(C)C5CCC(=O)OC)C(C)C4CCC(=O)OC)C(C)C3CCC(=O)OC. The zero-order chi connectivity index (χ0) is 37.7. The van der Waals surface area contributed by atoms with Crippen molar-refractivity contribution < 1.29 is 38.1 Å². The minimum Gasteiger partial charge on any atom is -0.469 e. The van der Waals surface area contributed by atoms with Crippen molar-refractivity contribution in [1.82, 2.24) is 21.3 Å². The topological polar surface area (TPSA) is 153 Å². The Labute approximate surface area is 311 Å². The van der Waals surface area contributed by atoms with Crippen LogP contribution in [0.3, 0.4) is 0 Å². The summed E-state index contributed by atoms with van der Waals surface area (Å²) in [6.45, 7) is 9.22. The summed E-state index contributed by atoms with van der Waals surface area (Å²) in [7, 11) is 5.83. The van der Waals surface area contributed by atoms with Crippen molar-refractivity contribution in [3.05, 3.63) is 11.1 Å². The largest absolute Gasteiger partial charge is 0.469 e. The second-order valence-corrected chi connectivity index (χ2v) is 16.6. The molecule has 52 heavy (non-hydrogen) atoms. The van der Waals surface area contributed by atoms with Gasteiger partial charge >= 0.3 is 23.9 Å². The van der Waals surface area contributed by atoms with Gasteiger partial charge in [-0.25, -0.2) is 0 Å². The van der Waals surface area contributed by atoms with Crippen LogP contribution in [0.5, 0.6) is 0 Å². The van der Waals surface area contributed by atoms with E-state index in [-0.39, 0.29) is 72.2 Å². The number of esters is 4. The van der Waals surface area contributed by atoms with Gasteiger partial charge in [0.1, 0.15) is 0 Å². The first-order chi connectivity index (χ1) is 24.9. The Balaban J connectivity index is 1.49. The van der Waals surface area contributed by atoms with Gasteiger partial charge in [-0.15, -0.1) is 0 Å². The molecule has 0 amide bonds. The van der Waals surface area contributed by atoms with Crippen LogP contribution in [0.1, 0.15) is 105 Å². The summed E-state index contributed by atoms with van der Waals surface area (Å²) in [5.74, 6) is 1.20. The van der Waals surface area contributed by atoms with E-state index in [0.717, 1.165) is 44.9 Å². The first-order valence-electron chi connectivity index (χ1n) is 19.9. The monoisotopic (exact) mass is 730 g/mol. The van der Waals surface area contributed by atoms with Crippen molar-refractivity contribution in [2.45, 2.75) is 153 Å². The molecule has 0 aromatic rings. The molecular formula is C40H66N4O8. The van der Waals surface area contributed by atoms with E-state index in [4.69, 9.17) is 18.9 Å². The highest BCUT2D eigenvalue weighted by Gasteiger charge is 2.50. The quantitative estimate of drug-likeness (QED) is 0.131. The molecule has 0 saturated carbocycles. The Morgan fingerprint density at radius 3 is 1.25 bits per heavy atom. The fourth-order valence-corrected chi connectivity index (χ4v) is 11.0. The lowest BCUT2D eigenvalue weighted by molar-refractivity contribution is -0.142. The van der Waals surface area contributed by atoms with Crippen LogP contribution in [-0.2, 0) is 38.1 Å². The summed E-state index contributed by atoms with van der Waals surface area (Å²) in [5, 5.41) is 16.3. The minimum absolute atomic E-state index is 0.112. The molecule has 14 unspecified atom stereocenters. The highest BCUT2D eigenvalue weighted by atomic mass is 16.5. The van der Waals surface area contributed by atoms with E-state index in [2.05, 4.69) is 49.0 Å². The molecule has 12 nitrogen and oxygen atoms in total. The summed E-state index contributed by atoms with van der Waals surface area (Å²) in [6.07, 6.45) is 8.12. The number of ether oxygens (including phenoxy) is 4. The second-order valence-electron chi connectivity index (χ2n) is 16.6. The number of carbonyl (C=O) groups is 4. The number of rotatable bonds is 12. The van der Waals surface area contributed by atoms with Gasteiger partial charge in [0, 0.05) is 74.0 Å². The number of nitrogens with one attached hydrogen (secondary N) is 4. The summed E-state index contributed by atoms with van der Waals surface area (Å²) >= 11 is 0. The summed E-state index contributed by atoms with van der Waals surface area (Å²) in [5.41, 5.74) is 2.62. The standard InChI is InChI=1S/C40H66N4O8/c1-21-25(9-13-37(45)49-5)33-18-30-23(3)27(11-15-39(47)51-7)35(43-30)20-32-24(4)28(12-16-40(48)52-8)36(44-32)19-31-22(2)26(10-14-38(46)50-6)34(42-31)17-29(21)41-33/h21-23,25-27,29-36,41-44H,9-20H2,1-8H3. The number of hydrogen-bond donors (Lipinski definition) is 4. The summed E-state index contributed by atoms with van der Waals surface area (Å²) in [4.78, 5) is 49.5. The first-order valence-corrected chi connectivity index (χ1v) is 19.9. The van der Waals surface area contributed by atoms with Gasteiger partial charge in [0.05, 0.1) is 28.4 Å². The molecule has 14 atom stereocenters. The van der Waals surface area contributed by atoms with Crippen LogP contribution in [-0.4, -0.2) is 101 Å². The Hall–Kier alpha value is -2.54. The van der Waals surface area contributed by atoms with Gasteiger partial charge in [-0.05, 0) is 93.8 Å². The Kier molecular flexibility index (Phi) is 14.2. The fraction of sp³-hybridized carbons (Fsp3) is 0.850. The molecule has 4 N–H and O–H groups in total. The lowest BCUT2D eigenvalue weighted by Gasteiger charge is -2.27. The van der Waals surface area contributed by atoms with E-state index in [1.54, 1.807) is 0 Å². The zero-order valence-electron chi connectivity index (χ0n) is 32.8. The highest BCUT2D eigenvalue weighted by Crippen LogP contribution is 2.44. The van der Waals surface area contributed by atoms with Crippen molar-refractivity contribution in [3.8, 4) is 0 Å². The number of fused-ring (bicyclic) bond motifs is 8. The van der Waals surface area contributed by atoms with E-state index < -0.39 is 0 Å². The molecule has 0 aliphatic carbocycles. The van der Waals surface area contributed by atoms with Gasteiger partial charge in [-0.2, -0.15) is 0 Å². The first kappa shape index (κ1) is 40.6. The summed E-state index contributed by atoms with van der Waals surface area (Å²) < 4.78 is 20.3. The molecule has 4 fully saturated rings. The van der Waals surface area contributed by atoms with Gasteiger partial charge in [-0.3, -0.25) is 19.2 Å². The predicted octanol–water partition coefficient (Wildman–Crippen LogP) is 3.81. The molecule has 5 aliphatic heterocycles.